The van der Waals surface area contributed by atoms with Crippen molar-refractivity contribution in [2.75, 3.05) is 83.3 Å². The van der Waals surface area contributed by atoms with Crippen LogP contribution in [0.1, 0.15) is 13.8 Å². The van der Waals surface area contributed by atoms with Gasteiger partial charge in [-0.2, -0.15) is 15.0 Å². The number of aliphatic hydroxyl groups excluding tert-OH is 1. The van der Waals surface area contributed by atoms with Crippen LogP contribution < -0.4 is 14.7 Å². The highest BCUT2D eigenvalue weighted by Crippen LogP contribution is 2.20. The molecule has 1 rings (SSSR count). The zero-order chi connectivity index (χ0) is 20.2. The molecule has 11 heteroatoms. The second-order valence-electron chi connectivity index (χ2n) is 6.24. The van der Waals surface area contributed by atoms with E-state index >= 15 is 0 Å². The summed E-state index contributed by atoms with van der Waals surface area (Å²) in [6.07, 6.45) is 0. The Morgan fingerprint density at radius 2 is 1.07 bits per heavy atom. The first-order valence-electron chi connectivity index (χ1n) is 8.58. The van der Waals surface area contributed by atoms with E-state index in [1.807, 2.05) is 4.90 Å². The van der Waals surface area contributed by atoms with Crippen molar-refractivity contribution in [2.45, 2.75) is 13.8 Å². The summed E-state index contributed by atoms with van der Waals surface area (Å²) in [6, 6.07) is 0. The summed E-state index contributed by atoms with van der Waals surface area (Å²) >= 11 is 0. The molecule has 27 heavy (non-hydrogen) atoms. The standard InChI is InChI=1S/C16H32N6O5/c1-13(2)7-20(9-24-3)14-17-15(21(8-23)10-25-4)19-16(18-14)22(11-26-5)12-27-6/h13,23H,7-12H2,1-6H3. The molecular weight excluding hydrogens is 356 g/mol. The Morgan fingerprint density at radius 1 is 0.704 bits per heavy atom. The van der Waals surface area contributed by atoms with E-state index in [1.165, 1.54) is 12.0 Å². The fourth-order valence-electron chi connectivity index (χ4n) is 2.34. The highest BCUT2D eigenvalue weighted by atomic mass is 16.5. The van der Waals surface area contributed by atoms with Gasteiger partial charge in [-0.1, -0.05) is 13.8 Å². The Labute approximate surface area is 160 Å². The van der Waals surface area contributed by atoms with E-state index in [-0.39, 0.29) is 32.9 Å². The van der Waals surface area contributed by atoms with Crippen molar-refractivity contribution < 1.29 is 24.1 Å². The van der Waals surface area contributed by atoms with E-state index in [1.54, 1.807) is 26.2 Å². The van der Waals surface area contributed by atoms with Crippen LogP contribution in [0.25, 0.3) is 0 Å². The maximum atomic E-state index is 9.67. The molecule has 0 spiro atoms. The summed E-state index contributed by atoms with van der Waals surface area (Å²) in [4.78, 5) is 18.6. The van der Waals surface area contributed by atoms with Gasteiger partial charge in [-0.15, -0.1) is 0 Å². The molecule has 0 aromatic carbocycles. The van der Waals surface area contributed by atoms with E-state index in [0.717, 1.165) is 0 Å². The zero-order valence-electron chi connectivity index (χ0n) is 17.1. The van der Waals surface area contributed by atoms with Gasteiger partial charge in [0.15, 0.2) is 0 Å². The normalized spacial score (nSPS) is 11.1. The van der Waals surface area contributed by atoms with Crippen molar-refractivity contribution in [3.05, 3.63) is 0 Å². The number of methoxy groups -OCH3 is 4. The maximum absolute atomic E-state index is 9.67. The number of hydrogen-bond donors (Lipinski definition) is 1. The quantitative estimate of drug-likeness (QED) is 0.445. The predicted molar refractivity (Wildman–Crippen MR) is 102 cm³/mol. The van der Waals surface area contributed by atoms with Crippen LogP contribution in [0.3, 0.4) is 0 Å². The Balaban J connectivity index is 3.39. The van der Waals surface area contributed by atoms with Crippen LogP contribution in [0, 0.1) is 5.92 Å². The molecule has 1 N–H and O–H groups in total. The van der Waals surface area contributed by atoms with E-state index < -0.39 is 0 Å². The molecule has 0 bridgehead atoms. The third-order valence-corrected chi connectivity index (χ3v) is 3.34. The molecule has 0 aliphatic carbocycles. The minimum absolute atomic E-state index is 0.127. The van der Waals surface area contributed by atoms with Gasteiger partial charge in [0.1, 0.15) is 33.7 Å². The number of aromatic nitrogens is 3. The summed E-state index contributed by atoms with van der Waals surface area (Å²) in [5.41, 5.74) is 0. The summed E-state index contributed by atoms with van der Waals surface area (Å²) in [6.45, 7) is 5.48. The van der Waals surface area contributed by atoms with Gasteiger partial charge < -0.3 is 29.0 Å². The molecule has 0 aliphatic rings. The van der Waals surface area contributed by atoms with Crippen molar-refractivity contribution in [2.24, 2.45) is 5.92 Å². The minimum Gasteiger partial charge on any atom is -0.376 e. The molecule has 0 fully saturated rings. The average molecular weight is 388 g/mol. The summed E-state index contributed by atoms with van der Waals surface area (Å²) < 4.78 is 20.9. The third-order valence-electron chi connectivity index (χ3n) is 3.34. The monoisotopic (exact) mass is 388 g/mol. The first kappa shape index (κ1) is 23.2. The van der Waals surface area contributed by atoms with Crippen LogP contribution in [0.5, 0.6) is 0 Å². The van der Waals surface area contributed by atoms with Crippen molar-refractivity contribution in [3.63, 3.8) is 0 Å². The van der Waals surface area contributed by atoms with Crippen LogP contribution in [0.15, 0.2) is 0 Å². The Morgan fingerprint density at radius 3 is 1.48 bits per heavy atom. The summed E-state index contributed by atoms with van der Waals surface area (Å²) in [7, 11) is 6.30. The van der Waals surface area contributed by atoms with Gasteiger partial charge in [-0.25, -0.2) is 0 Å². The van der Waals surface area contributed by atoms with E-state index in [9.17, 15) is 5.11 Å². The topological polar surface area (TPSA) is 106 Å². The van der Waals surface area contributed by atoms with Crippen molar-refractivity contribution in [1.82, 2.24) is 15.0 Å². The number of nitrogens with zero attached hydrogens (tertiary/aromatic N) is 6. The Kier molecular flexibility index (Phi) is 10.8. The predicted octanol–water partition coefficient (Wildman–Crippen LogP) is 0.312. The van der Waals surface area contributed by atoms with Gasteiger partial charge in [0.2, 0.25) is 17.8 Å². The number of hydrogen-bond acceptors (Lipinski definition) is 11. The largest absolute Gasteiger partial charge is 0.376 e. The molecular formula is C16H32N6O5. The third kappa shape index (κ3) is 7.39. The van der Waals surface area contributed by atoms with E-state index in [4.69, 9.17) is 18.9 Å². The molecule has 1 aromatic heterocycles. The maximum Gasteiger partial charge on any atom is 0.235 e. The van der Waals surface area contributed by atoms with Crippen LogP contribution in [0.2, 0.25) is 0 Å². The molecule has 0 saturated carbocycles. The molecule has 0 unspecified atom stereocenters. The van der Waals surface area contributed by atoms with Crippen LogP contribution >= 0.6 is 0 Å². The molecule has 0 radical (unpaired) electrons. The number of ether oxygens (including phenoxy) is 4. The van der Waals surface area contributed by atoms with E-state index in [2.05, 4.69) is 28.8 Å². The van der Waals surface area contributed by atoms with Crippen molar-refractivity contribution in [1.29, 1.82) is 0 Å². The molecule has 0 saturated heterocycles. The number of anilines is 3. The molecule has 0 amide bonds. The van der Waals surface area contributed by atoms with Crippen LogP contribution in [-0.2, 0) is 18.9 Å². The molecule has 1 heterocycles. The summed E-state index contributed by atoms with van der Waals surface area (Å²) in [5, 5.41) is 9.67. The second kappa shape index (κ2) is 12.6. The lowest BCUT2D eigenvalue weighted by atomic mass is 10.2. The molecule has 0 atom stereocenters. The summed E-state index contributed by atoms with van der Waals surface area (Å²) in [5.74, 6) is 1.43. The SMILES string of the molecule is COCN(CO)c1nc(N(COC)COC)nc(N(COC)CC(C)C)n1. The van der Waals surface area contributed by atoms with Gasteiger partial charge >= 0.3 is 0 Å². The van der Waals surface area contributed by atoms with Crippen LogP contribution in [0.4, 0.5) is 17.8 Å². The highest BCUT2D eigenvalue weighted by molar-refractivity contribution is 5.46. The fourth-order valence-corrected chi connectivity index (χ4v) is 2.34. The molecule has 1 aromatic rings. The zero-order valence-corrected chi connectivity index (χ0v) is 17.1. The Hall–Kier alpha value is -1.79. The highest BCUT2D eigenvalue weighted by Gasteiger charge is 2.20. The number of rotatable bonds is 14. The molecule has 156 valence electrons. The average Bonchev–Trinajstić information content (AvgIpc) is 2.65. The fraction of sp³-hybridized carbons (Fsp3) is 0.812. The lowest BCUT2D eigenvalue weighted by Gasteiger charge is -2.28. The van der Waals surface area contributed by atoms with Gasteiger partial charge in [0.05, 0.1) is 0 Å². The molecule has 0 aliphatic heterocycles. The minimum atomic E-state index is -0.306. The smallest absolute Gasteiger partial charge is 0.235 e. The second-order valence-corrected chi connectivity index (χ2v) is 6.24. The van der Waals surface area contributed by atoms with Crippen molar-refractivity contribution in [3.8, 4) is 0 Å². The first-order chi connectivity index (χ1) is 13.0. The van der Waals surface area contributed by atoms with Gasteiger partial charge in [0, 0.05) is 35.0 Å². The van der Waals surface area contributed by atoms with Crippen molar-refractivity contribution >= 4 is 17.8 Å². The van der Waals surface area contributed by atoms with Gasteiger partial charge in [0.25, 0.3) is 0 Å². The first-order valence-corrected chi connectivity index (χ1v) is 8.58. The molecule has 11 nitrogen and oxygen atoms in total. The van der Waals surface area contributed by atoms with Crippen LogP contribution in [-0.4, -0.2) is 88.7 Å². The van der Waals surface area contributed by atoms with Gasteiger partial charge in [-0.05, 0) is 5.92 Å². The number of aliphatic hydroxyl groups is 1. The lowest BCUT2D eigenvalue weighted by Crippen LogP contribution is -2.36. The van der Waals surface area contributed by atoms with E-state index in [0.29, 0.717) is 31.1 Å². The van der Waals surface area contributed by atoms with Gasteiger partial charge in [-0.3, -0.25) is 9.80 Å². The lowest BCUT2D eigenvalue weighted by molar-refractivity contribution is 0.138. The Bertz CT molecular complexity index is 530.